The lowest BCUT2D eigenvalue weighted by molar-refractivity contribution is -0.131. The highest BCUT2D eigenvalue weighted by Gasteiger charge is 2.05. The van der Waals surface area contributed by atoms with Crippen molar-refractivity contribution in [2.75, 3.05) is 0 Å². The minimum absolute atomic E-state index is 0.323. The zero-order valence-electron chi connectivity index (χ0n) is 8.72. The maximum Gasteiger partial charge on any atom is 0.328 e. The number of hydrogen-bond acceptors (Lipinski definition) is 2. The fraction of sp³-hybridized carbons (Fsp3) is 0. The van der Waals surface area contributed by atoms with Gasteiger partial charge in [-0.2, -0.15) is 5.10 Å². The molecule has 0 aliphatic heterocycles. The van der Waals surface area contributed by atoms with Crippen LogP contribution in [0.15, 0.2) is 36.5 Å². The maximum atomic E-state index is 12.8. The normalized spacial score (nSPS) is 10.9. The summed E-state index contributed by atoms with van der Waals surface area (Å²) in [6.45, 7) is 0. The third-order valence-corrected chi connectivity index (χ3v) is 2.21. The summed E-state index contributed by atoms with van der Waals surface area (Å²) in [5.74, 6) is -1.35. The summed E-state index contributed by atoms with van der Waals surface area (Å²) in [7, 11) is 0. The van der Waals surface area contributed by atoms with Gasteiger partial charge in [0.2, 0.25) is 0 Å². The topological polar surface area (TPSA) is 66.0 Å². The van der Waals surface area contributed by atoms with E-state index in [1.807, 2.05) is 0 Å². The van der Waals surface area contributed by atoms with Crippen LogP contribution in [0.3, 0.4) is 0 Å². The van der Waals surface area contributed by atoms with E-state index in [-0.39, 0.29) is 5.82 Å². The Morgan fingerprint density at radius 1 is 1.35 bits per heavy atom. The van der Waals surface area contributed by atoms with E-state index in [2.05, 4.69) is 10.2 Å². The van der Waals surface area contributed by atoms with Gasteiger partial charge in [-0.3, -0.25) is 5.10 Å². The third-order valence-electron chi connectivity index (χ3n) is 2.21. The van der Waals surface area contributed by atoms with Crippen molar-refractivity contribution in [1.29, 1.82) is 0 Å². The number of nitrogens with zero attached hydrogens (tertiary/aromatic N) is 1. The first-order chi connectivity index (χ1) is 8.16. The van der Waals surface area contributed by atoms with Crippen LogP contribution in [0.25, 0.3) is 17.3 Å². The Morgan fingerprint density at radius 3 is 2.71 bits per heavy atom. The van der Waals surface area contributed by atoms with Crippen LogP contribution >= 0.6 is 0 Å². The molecule has 0 radical (unpaired) electrons. The van der Waals surface area contributed by atoms with E-state index in [4.69, 9.17) is 5.11 Å². The molecule has 0 bridgehead atoms. The molecule has 4 nitrogen and oxygen atoms in total. The minimum Gasteiger partial charge on any atom is -0.478 e. The van der Waals surface area contributed by atoms with Gasteiger partial charge in [-0.25, -0.2) is 9.18 Å². The van der Waals surface area contributed by atoms with Gasteiger partial charge in [0.1, 0.15) is 5.82 Å². The molecule has 2 aromatic rings. The van der Waals surface area contributed by atoms with Crippen LogP contribution in [-0.2, 0) is 4.79 Å². The number of aromatic amines is 1. The molecule has 0 amide bonds. The number of nitrogens with one attached hydrogen (secondary N) is 1. The lowest BCUT2D eigenvalue weighted by Gasteiger charge is -1.99. The summed E-state index contributed by atoms with van der Waals surface area (Å²) >= 11 is 0. The first kappa shape index (κ1) is 11.1. The van der Waals surface area contributed by atoms with Crippen LogP contribution in [0.5, 0.6) is 0 Å². The van der Waals surface area contributed by atoms with Gasteiger partial charge in [0.25, 0.3) is 0 Å². The quantitative estimate of drug-likeness (QED) is 0.798. The van der Waals surface area contributed by atoms with Crippen molar-refractivity contribution in [3.05, 3.63) is 47.9 Å². The van der Waals surface area contributed by atoms with Gasteiger partial charge in [-0.15, -0.1) is 0 Å². The van der Waals surface area contributed by atoms with E-state index in [1.54, 1.807) is 12.1 Å². The van der Waals surface area contributed by atoms with Crippen LogP contribution in [0.2, 0.25) is 0 Å². The number of hydrogen-bond donors (Lipinski definition) is 2. The van der Waals surface area contributed by atoms with Crippen molar-refractivity contribution in [2.45, 2.75) is 0 Å². The van der Waals surface area contributed by atoms with Gasteiger partial charge >= 0.3 is 5.97 Å². The Bertz CT molecular complexity index is 558. The first-order valence-electron chi connectivity index (χ1n) is 4.87. The molecule has 2 rings (SSSR count). The summed E-state index contributed by atoms with van der Waals surface area (Å²) < 4.78 is 12.8. The van der Waals surface area contributed by atoms with Crippen LogP contribution in [-0.4, -0.2) is 21.3 Å². The highest BCUT2D eigenvalue weighted by molar-refractivity contribution is 5.87. The molecule has 0 spiro atoms. The first-order valence-corrected chi connectivity index (χ1v) is 4.87. The lowest BCUT2D eigenvalue weighted by atomic mass is 10.1. The molecule has 0 aliphatic carbocycles. The molecule has 0 atom stereocenters. The average Bonchev–Trinajstić information content (AvgIpc) is 2.75. The molecular weight excluding hydrogens is 223 g/mol. The number of aliphatic carboxylic acids is 1. The largest absolute Gasteiger partial charge is 0.478 e. The summed E-state index contributed by atoms with van der Waals surface area (Å²) in [5, 5.41) is 15.1. The second kappa shape index (κ2) is 4.61. The second-order valence-corrected chi connectivity index (χ2v) is 3.38. The molecule has 86 valence electrons. The predicted octanol–water partition coefficient (Wildman–Crippen LogP) is 2.31. The highest BCUT2D eigenvalue weighted by atomic mass is 19.1. The Kier molecular flexibility index (Phi) is 3.00. The maximum absolute atomic E-state index is 12.8. The van der Waals surface area contributed by atoms with Crippen LogP contribution < -0.4 is 0 Å². The number of carboxylic acid groups (broad SMARTS) is 1. The van der Waals surface area contributed by atoms with E-state index in [0.29, 0.717) is 11.3 Å². The Balaban J connectivity index is 2.36. The molecule has 0 fully saturated rings. The van der Waals surface area contributed by atoms with Crippen molar-refractivity contribution < 1.29 is 14.3 Å². The second-order valence-electron chi connectivity index (χ2n) is 3.38. The fourth-order valence-corrected chi connectivity index (χ4v) is 1.43. The Hall–Kier alpha value is -2.43. The Labute approximate surface area is 96.4 Å². The minimum atomic E-state index is -1.03. The van der Waals surface area contributed by atoms with Gasteiger partial charge < -0.3 is 5.11 Å². The number of H-pyrrole nitrogens is 1. The molecule has 17 heavy (non-hydrogen) atoms. The summed E-state index contributed by atoms with van der Waals surface area (Å²) in [6.07, 6.45) is 3.97. The van der Waals surface area contributed by atoms with E-state index in [0.717, 1.165) is 11.6 Å². The molecular formula is C12H9FN2O2. The van der Waals surface area contributed by atoms with Crippen LogP contribution in [0, 0.1) is 5.82 Å². The number of benzene rings is 1. The smallest absolute Gasteiger partial charge is 0.328 e. The van der Waals surface area contributed by atoms with Crippen molar-refractivity contribution in [2.24, 2.45) is 0 Å². The molecule has 0 saturated heterocycles. The number of halogens is 1. The van der Waals surface area contributed by atoms with Gasteiger partial charge in [-0.1, -0.05) is 0 Å². The Morgan fingerprint density at radius 2 is 2.06 bits per heavy atom. The molecule has 1 aromatic carbocycles. The van der Waals surface area contributed by atoms with Crippen molar-refractivity contribution >= 4 is 12.0 Å². The van der Waals surface area contributed by atoms with Gasteiger partial charge in [0.15, 0.2) is 0 Å². The van der Waals surface area contributed by atoms with E-state index in [9.17, 15) is 9.18 Å². The van der Waals surface area contributed by atoms with Gasteiger partial charge in [0, 0.05) is 17.2 Å². The van der Waals surface area contributed by atoms with E-state index in [1.165, 1.54) is 24.4 Å². The molecule has 5 heteroatoms. The highest BCUT2D eigenvalue weighted by Crippen LogP contribution is 2.22. The average molecular weight is 232 g/mol. The lowest BCUT2D eigenvalue weighted by Crippen LogP contribution is -1.86. The predicted molar refractivity (Wildman–Crippen MR) is 60.7 cm³/mol. The number of aromatic nitrogens is 2. The van der Waals surface area contributed by atoms with Gasteiger partial charge in [0.05, 0.1) is 11.9 Å². The fourth-order valence-electron chi connectivity index (χ4n) is 1.43. The van der Waals surface area contributed by atoms with Crippen LogP contribution in [0.1, 0.15) is 5.56 Å². The number of carboxylic acids is 1. The van der Waals surface area contributed by atoms with E-state index >= 15 is 0 Å². The zero-order valence-corrected chi connectivity index (χ0v) is 8.72. The summed E-state index contributed by atoms with van der Waals surface area (Å²) in [5.41, 5.74) is 2.04. The monoisotopic (exact) mass is 232 g/mol. The molecule has 1 heterocycles. The van der Waals surface area contributed by atoms with Crippen molar-refractivity contribution in [3.8, 4) is 11.3 Å². The van der Waals surface area contributed by atoms with Crippen molar-refractivity contribution in [3.63, 3.8) is 0 Å². The molecule has 0 aliphatic rings. The summed E-state index contributed by atoms with van der Waals surface area (Å²) in [6, 6.07) is 5.86. The van der Waals surface area contributed by atoms with Crippen LogP contribution in [0.4, 0.5) is 4.39 Å². The standard InChI is InChI=1S/C12H9FN2O2/c13-10-4-1-8(2-5-10)12-9(7-14-15-12)3-6-11(16)17/h1-7H,(H,14,15)(H,16,17)/b6-3+. The molecule has 1 aromatic heterocycles. The molecule has 0 unspecified atom stereocenters. The third kappa shape index (κ3) is 2.57. The zero-order chi connectivity index (χ0) is 12.3. The SMILES string of the molecule is O=C(O)/C=C/c1cn[nH]c1-c1ccc(F)cc1. The van der Waals surface area contributed by atoms with E-state index < -0.39 is 5.97 Å². The van der Waals surface area contributed by atoms with Gasteiger partial charge in [-0.05, 0) is 30.3 Å². The number of rotatable bonds is 3. The molecule has 0 saturated carbocycles. The molecule has 2 N–H and O–H groups in total. The van der Waals surface area contributed by atoms with Crippen molar-refractivity contribution in [1.82, 2.24) is 10.2 Å². The number of carbonyl (C=O) groups is 1. The summed E-state index contributed by atoms with van der Waals surface area (Å²) in [4.78, 5) is 10.4.